The topological polar surface area (TPSA) is 73.2 Å². The Bertz CT molecular complexity index is 871. The van der Waals surface area contributed by atoms with Crippen molar-refractivity contribution in [2.45, 2.75) is 6.92 Å². The summed E-state index contributed by atoms with van der Waals surface area (Å²) in [5.41, 5.74) is 2.85. The van der Waals surface area contributed by atoms with Crippen LogP contribution in [0.3, 0.4) is 0 Å². The van der Waals surface area contributed by atoms with E-state index in [1.54, 1.807) is 41.2 Å². The van der Waals surface area contributed by atoms with Gasteiger partial charge in [-0.05, 0) is 48.9 Å². The number of hydrogen-bond donors (Lipinski definition) is 1. The van der Waals surface area contributed by atoms with E-state index in [4.69, 9.17) is 4.74 Å². The molecule has 0 aliphatic rings. The third kappa shape index (κ3) is 4.11. The normalized spacial score (nSPS) is 10.3. The summed E-state index contributed by atoms with van der Waals surface area (Å²) in [6.45, 7) is 1.55. The molecule has 0 fully saturated rings. The van der Waals surface area contributed by atoms with Crippen molar-refractivity contribution in [3.8, 4) is 5.69 Å². The highest BCUT2D eigenvalue weighted by Crippen LogP contribution is 2.13. The molecule has 2 aromatic carbocycles. The molecule has 1 N–H and O–H groups in total. The van der Waals surface area contributed by atoms with Gasteiger partial charge in [-0.15, -0.1) is 0 Å². The van der Waals surface area contributed by atoms with E-state index in [-0.39, 0.29) is 12.5 Å². The molecule has 0 aliphatic heterocycles. The molecule has 1 amide bonds. The Labute approximate surface area is 145 Å². The Balaban J connectivity index is 1.55. The fourth-order valence-electron chi connectivity index (χ4n) is 2.29. The number of para-hydroxylation sites is 1. The quantitative estimate of drug-likeness (QED) is 0.728. The number of aromatic nitrogens is 2. The average Bonchev–Trinajstić information content (AvgIpc) is 3.16. The first-order valence-corrected chi connectivity index (χ1v) is 7.76. The monoisotopic (exact) mass is 335 g/mol. The van der Waals surface area contributed by atoms with Gasteiger partial charge >= 0.3 is 5.97 Å². The smallest absolute Gasteiger partial charge is 0.338 e. The van der Waals surface area contributed by atoms with Crippen LogP contribution in [0.2, 0.25) is 0 Å². The number of hydrogen-bond acceptors (Lipinski definition) is 4. The maximum Gasteiger partial charge on any atom is 0.338 e. The molecule has 0 aliphatic carbocycles. The molecule has 126 valence electrons. The predicted molar refractivity (Wildman–Crippen MR) is 93.7 cm³/mol. The highest BCUT2D eigenvalue weighted by molar-refractivity contribution is 5.95. The van der Waals surface area contributed by atoms with Crippen LogP contribution >= 0.6 is 0 Å². The van der Waals surface area contributed by atoms with Crippen molar-refractivity contribution in [1.82, 2.24) is 9.78 Å². The molecule has 0 bridgehead atoms. The molecule has 0 radical (unpaired) electrons. The lowest BCUT2D eigenvalue weighted by Crippen LogP contribution is -2.21. The van der Waals surface area contributed by atoms with Gasteiger partial charge in [-0.2, -0.15) is 5.10 Å². The van der Waals surface area contributed by atoms with E-state index in [0.29, 0.717) is 11.3 Å². The number of carbonyl (C=O) groups excluding carboxylic acids is 2. The lowest BCUT2D eigenvalue weighted by Gasteiger charge is -2.09. The summed E-state index contributed by atoms with van der Waals surface area (Å²) in [5.74, 6) is -0.928. The van der Waals surface area contributed by atoms with Gasteiger partial charge in [-0.25, -0.2) is 9.48 Å². The van der Waals surface area contributed by atoms with Crippen LogP contribution in [0.25, 0.3) is 5.69 Å². The van der Waals surface area contributed by atoms with E-state index in [1.807, 2.05) is 37.4 Å². The number of ether oxygens (including phenoxy) is 1. The zero-order valence-corrected chi connectivity index (χ0v) is 13.7. The van der Waals surface area contributed by atoms with E-state index in [1.165, 1.54) is 0 Å². The Morgan fingerprint density at radius 1 is 1.08 bits per heavy atom. The van der Waals surface area contributed by atoms with Gasteiger partial charge < -0.3 is 10.1 Å². The van der Waals surface area contributed by atoms with Crippen LogP contribution in [0.5, 0.6) is 0 Å². The summed E-state index contributed by atoms with van der Waals surface area (Å²) in [6, 6.07) is 16.0. The standard InChI is InChI=1S/C19H17N3O3/c1-14-5-2-3-6-17(14)21-18(23)13-25-19(24)15-7-9-16(10-8-15)22-12-4-11-20-22/h2-12H,13H2,1H3,(H,21,23). The maximum atomic E-state index is 12.0. The first-order valence-electron chi connectivity index (χ1n) is 7.76. The minimum absolute atomic E-state index is 0.339. The highest BCUT2D eigenvalue weighted by Gasteiger charge is 2.11. The summed E-state index contributed by atoms with van der Waals surface area (Å²) < 4.78 is 6.74. The van der Waals surface area contributed by atoms with Crippen molar-refractivity contribution in [3.05, 3.63) is 78.1 Å². The maximum absolute atomic E-state index is 12.0. The predicted octanol–water partition coefficient (Wildman–Crippen LogP) is 2.98. The molecule has 25 heavy (non-hydrogen) atoms. The lowest BCUT2D eigenvalue weighted by molar-refractivity contribution is -0.119. The first-order chi connectivity index (χ1) is 12.1. The van der Waals surface area contributed by atoms with Crippen LogP contribution < -0.4 is 5.32 Å². The number of benzene rings is 2. The Hall–Kier alpha value is -3.41. The van der Waals surface area contributed by atoms with Gasteiger partial charge in [-0.1, -0.05) is 18.2 Å². The highest BCUT2D eigenvalue weighted by atomic mass is 16.5. The van der Waals surface area contributed by atoms with E-state index in [2.05, 4.69) is 10.4 Å². The third-order valence-electron chi connectivity index (χ3n) is 3.63. The molecule has 6 nitrogen and oxygen atoms in total. The van der Waals surface area contributed by atoms with Crippen molar-refractivity contribution >= 4 is 17.6 Å². The largest absolute Gasteiger partial charge is 0.452 e. The molecule has 3 rings (SSSR count). The molecule has 1 aromatic heterocycles. The van der Waals surface area contributed by atoms with Gasteiger partial charge in [-0.3, -0.25) is 4.79 Å². The van der Waals surface area contributed by atoms with E-state index < -0.39 is 5.97 Å². The van der Waals surface area contributed by atoms with Crippen molar-refractivity contribution in [3.63, 3.8) is 0 Å². The number of carbonyl (C=O) groups is 2. The van der Waals surface area contributed by atoms with Crippen molar-refractivity contribution in [2.75, 3.05) is 11.9 Å². The number of esters is 1. The number of amides is 1. The van der Waals surface area contributed by atoms with E-state index >= 15 is 0 Å². The number of aryl methyl sites for hydroxylation is 1. The van der Waals surface area contributed by atoms with Crippen LogP contribution in [-0.4, -0.2) is 28.3 Å². The van der Waals surface area contributed by atoms with Gasteiger partial charge in [0.2, 0.25) is 0 Å². The van der Waals surface area contributed by atoms with E-state index in [9.17, 15) is 9.59 Å². The number of nitrogens with one attached hydrogen (secondary N) is 1. The van der Waals surface area contributed by atoms with Crippen LogP contribution in [-0.2, 0) is 9.53 Å². The molecular weight excluding hydrogens is 318 g/mol. The summed E-state index contributed by atoms with van der Waals surface area (Å²) in [6.07, 6.45) is 3.48. The molecule has 0 saturated heterocycles. The third-order valence-corrected chi connectivity index (χ3v) is 3.63. The zero-order valence-electron chi connectivity index (χ0n) is 13.7. The molecular formula is C19H17N3O3. The van der Waals surface area contributed by atoms with Crippen molar-refractivity contribution in [2.24, 2.45) is 0 Å². The Kier molecular flexibility index (Phi) is 4.89. The molecule has 6 heteroatoms. The van der Waals surface area contributed by atoms with Gasteiger partial charge in [0.15, 0.2) is 6.61 Å². The van der Waals surface area contributed by atoms with Gasteiger partial charge in [0.1, 0.15) is 0 Å². The second-order valence-corrected chi connectivity index (χ2v) is 5.44. The van der Waals surface area contributed by atoms with Gasteiger partial charge in [0, 0.05) is 18.1 Å². The van der Waals surface area contributed by atoms with Crippen molar-refractivity contribution < 1.29 is 14.3 Å². The zero-order chi connectivity index (χ0) is 17.6. The van der Waals surface area contributed by atoms with Gasteiger partial charge in [0.05, 0.1) is 11.3 Å². The summed E-state index contributed by atoms with van der Waals surface area (Å²) in [7, 11) is 0. The minimum atomic E-state index is -0.549. The van der Waals surface area contributed by atoms with Crippen LogP contribution in [0.1, 0.15) is 15.9 Å². The van der Waals surface area contributed by atoms with Crippen molar-refractivity contribution in [1.29, 1.82) is 0 Å². The second-order valence-electron chi connectivity index (χ2n) is 5.44. The number of anilines is 1. The van der Waals surface area contributed by atoms with Crippen LogP contribution in [0, 0.1) is 6.92 Å². The molecule has 1 heterocycles. The average molecular weight is 335 g/mol. The molecule has 3 aromatic rings. The summed E-state index contributed by atoms with van der Waals surface area (Å²) >= 11 is 0. The molecule has 0 spiro atoms. The molecule has 0 unspecified atom stereocenters. The summed E-state index contributed by atoms with van der Waals surface area (Å²) in [5, 5.41) is 6.83. The van der Waals surface area contributed by atoms with Crippen LogP contribution in [0.15, 0.2) is 67.0 Å². The van der Waals surface area contributed by atoms with Crippen LogP contribution in [0.4, 0.5) is 5.69 Å². The fraction of sp³-hybridized carbons (Fsp3) is 0.105. The SMILES string of the molecule is Cc1ccccc1NC(=O)COC(=O)c1ccc(-n2cccn2)cc1. The second kappa shape index (κ2) is 7.44. The molecule has 0 saturated carbocycles. The lowest BCUT2D eigenvalue weighted by atomic mass is 10.2. The first kappa shape index (κ1) is 16.4. The van der Waals surface area contributed by atoms with E-state index in [0.717, 1.165) is 11.3 Å². The Morgan fingerprint density at radius 3 is 2.52 bits per heavy atom. The van der Waals surface area contributed by atoms with Gasteiger partial charge in [0.25, 0.3) is 5.91 Å². The number of nitrogens with zero attached hydrogens (tertiary/aromatic N) is 2. The number of rotatable bonds is 5. The summed E-state index contributed by atoms with van der Waals surface area (Å²) in [4.78, 5) is 24.0. The minimum Gasteiger partial charge on any atom is -0.452 e. The fourth-order valence-corrected chi connectivity index (χ4v) is 2.29. The molecule has 0 atom stereocenters. The Morgan fingerprint density at radius 2 is 1.84 bits per heavy atom.